The molecular formula is C8H16IN. The standard InChI is InChI=1S/C8H16IN/c1-4-6-8(5-2)7-9-10-3/h5H,4,6-7H2,1-3H3/b8-5-. The van der Waals surface area contributed by atoms with Crippen LogP contribution in [0.3, 0.4) is 0 Å². The number of nitrogens with zero attached hydrogens (tertiary/aromatic N) is 1. The molecule has 0 amide bonds. The van der Waals surface area contributed by atoms with Gasteiger partial charge in [0, 0.05) is 11.5 Å². The lowest BCUT2D eigenvalue weighted by Crippen LogP contribution is -1.82. The number of allylic oxidation sites excluding steroid dienone is 2. The van der Waals surface area contributed by atoms with Gasteiger partial charge in [-0.2, -0.15) is 0 Å². The van der Waals surface area contributed by atoms with Gasteiger partial charge in [-0.25, -0.2) is 0 Å². The molecule has 0 aromatic carbocycles. The first kappa shape index (κ1) is 10.3. The quantitative estimate of drug-likeness (QED) is 0.413. The predicted octanol–water partition coefficient (Wildman–Crippen LogP) is 3.52. The minimum absolute atomic E-state index is 0.126. The van der Waals surface area contributed by atoms with Gasteiger partial charge in [0.25, 0.3) is 0 Å². The van der Waals surface area contributed by atoms with E-state index in [-0.39, 0.29) is 21.0 Å². The van der Waals surface area contributed by atoms with Crippen molar-refractivity contribution in [1.29, 1.82) is 0 Å². The van der Waals surface area contributed by atoms with E-state index in [1.54, 1.807) is 5.57 Å². The van der Waals surface area contributed by atoms with Crippen LogP contribution in [0.5, 0.6) is 0 Å². The van der Waals surface area contributed by atoms with E-state index >= 15 is 0 Å². The summed E-state index contributed by atoms with van der Waals surface area (Å²) in [6, 6.07) is 0. The third-order valence-electron chi connectivity index (χ3n) is 1.33. The average Bonchev–Trinajstić information content (AvgIpc) is 1.98. The Balaban J connectivity index is 3.62. The summed E-state index contributed by atoms with van der Waals surface area (Å²) in [6.07, 6.45) is 4.78. The molecule has 0 aliphatic rings. The van der Waals surface area contributed by atoms with E-state index in [0.29, 0.717) is 0 Å². The first-order valence-electron chi connectivity index (χ1n) is 3.66. The van der Waals surface area contributed by atoms with Crippen molar-refractivity contribution in [3.05, 3.63) is 11.6 Å². The Hall–Kier alpha value is 0.270. The first-order valence-corrected chi connectivity index (χ1v) is 6.15. The highest BCUT2D eigenvalue weighted by atomic mass is 127. The minimum Gasteiger partial charge on any atom is -0.266 e. The summed E-state index contributed by atoms with van der Waals surface area (Å²) in [7, 11) is 1.92. The second-order valence-electron chi connectivity index (χ2n) is 2.12. The van der Waals surface area contributed by atoms with E-state index < -0.39 is 0 Å². The fraction of sp³-hybridized carbons (Fsp3) is 0.750. The topological polar surface area (TPSA) is 12.4 Å². The van der Waals surface area contributed by atoms with E-state index in [2.05, 4.69) is 23.1 Å². The van der Waals surface area contributed by atoms with Crippen LogP contribution in [0.1, 0.15) is 26.7 Å². The zero-order chi connectivity index (χ0) is 7.82. The molecule has 0 saturated carbocycles. The van der Waals surface area contributed by atoms with Crippen LogP contribution in [0.25, 0.3) is 0 Å². The molecule has 0 aromatic heterocycles. The van der Waals surface area contributed by atoms with Crippen molar-refractivity contribution >= 4 is 21.0 Å². The smallest absolute Gasteiger partial charge is 0.0332 e. The molecule has 0 aliphatic heterocycles. The van der Waals surface area contributed by atoms with Gasteiger partial charge < -0.3 is 0 Å². The lowest BCUT2D eigenvalue weighted by atomic mass is 10.2. The first-order chi connectivity index (χ1) is 4.85. The maximum absolute atomic E-state index is 4.17. The molecule has 0 atom stereocenters. The van der Waals surface area contributed by atoms with E-state index in [1.807, 2.05) is 7.05 Å². The number of hydrogen-bond acceptors (Lipinski definition) is 1. The Bertz CT molecular complexity index is 127. The Morgan fingerprint density at radius 1 is 1.60 bits per heavy atom. The van der Waals surface area contributed by atoms with E-state index in [4.69, 9.17) is 0 Å². The molecule has 0 saturated heterocycles. The maximum Gasteiger partial charge on any atom is 0.0332 e. The molecule has 60 valence electrons. The summed E-state index contributed by atoms with van der Waals surface area (Å²) in [4.78, 5) is 0. The predicted molar refractivity (Wildman–Crippen MR) is 55.9 cm³/mol. The van der Waals surface area contributed by atoms with Crippen LogP contribution < -0.4 is 0 Å². The van der Waals surface area contributed by atoms with Crippen LogP contribution >= 0.6 is 21.0 Å². The van der Waals surface area contributed by atoms with E-state index in [9.17, 15) is 0 Å². The van der Waals surface area contributed by atoms with Gasteiger partial charge in [-0.3, -0.25) is 3.15 Å². The Morgan fingerprint density at radius 2 is 2.30 bits per heavy atom. The van der Waals surface area contributed by atoms with Crippen LogP contribution in [0.4, 0.5) is 0 Å². The Kier molecular flexibility index (Phi) is 7.58. The van der Waals surface area contributed by atoms with Crippen molar-refractivity contribution in [3.8, 4) is 0 Å². The second kappa shape index (κ2) is 7.38. The van der Waals surface area contributed by atoms with Crippen molar-refractivity contribution in [3.63, 3.8) is 0 Å². The summed E-state index contributed by atoms with van der Waals surface area (Å²) < 4.78 is 5.44. The van der Waals surface area contributed by atoms with Crippen molar-refractivity contribution in [1.82, 2.24) is 0 Å². The van der Waals surface area contributed by atoms with Crippen LogP contribution in [0.2, 0.25) is 0 Å². The van der Waals surface area contributed by atoms with Crippen LogP contribution in [0, 0.1) is 0 Å². The number of alkyl halides is 1. The van der Waals surface area contributed by atoms with Gasteiger partial charge in [-0.05, 0) is 34.4 Å². The third kappa shape index (κ3) is 5.09. The third-order valence-corrected chi connectivity index (χ3v) is 3.33. The van der Waals surface area contributed by atoms with Gasteiger partial charge in [-0.1, -0.05) is 25.0 Å². The molecule has 0 aromatic rings. The monoisotopic (exact) mass is 253 g/mol. The molecule has 0 rings (SSSR count). The van der Waals surface area contributed by atoms with Gasteiger partial charge in [0.1, 0.15) is 0 Å². The number of rotatable bonds is 4. The Labute approximate surface area is 74.1 Å². The van der Waals surface area contributed by atoms with Crippen LogP contribution in [-0.4, -0.2) is 11.5 Å². The van der Waals surface area contributed by atoms with Crippen LogP contribution in [0.15, 0.2) is 14.8 Å². The van der Waals surface area contributed by atoms with Gasteiger partial charge in [0.15, 0.2) is 0 Å². The lowest BCUT2D eigenvalue weighted by Gasteiger charge is -1.97. The molecule has 2 heteroatoms. The number of halogens is 1. The molecule has 0 radical (unpaired) electrons. The fourth-order valence-corrected chi connectivity index (χ4v) is 2.35. The highest BCUT2D eigenvalue weighted by Crippen LogP contribution is 2.12. The molecule has 0 unspecified atom stereocenters. The van der Waals surface area contributed by atoms with Crippen molar-refractivity contribution in [2.24, 2.45) is 3.15 Å². The molecule has 0 bridgehead atoms. The van der Waals surface area contributed by atoms with Crippen molar-refractivity contribution in [2.45, 2.75) is 26.7 Å². The van der Waals surface area contributed by atoms with Crippen molar-refractivity contribution in [2.75, 3.05) is 11.5 Å². The maximum atomic E-state index is 4.17. The highest BCUT2D eigenvalue weighted by Gasteiger charge is 1.90. The summed E-state index contributed by atoms with van der Waals surface area (Å²) in [5.74, 6) is 0. The molecule has 0 spiro atoms. The largest absolute Gasteiger partial charge is 0.266 e. The second-order valence-corrected chi connectivity index (χ2v) is 4.53. The molecule has 10 heavy (non-hydrogen) atoms. The average molecular weight is 253 g/mol. The van der Waals surface area contributed by atoms with Gasteiger partial charge in [-0.15, -0.1) is 0 Å². The van der Waals surface area contributed by atoms with E-state index in [0.717, 1.165) is 0 Å². The zero-order valence-electron chi connectivity index (χ0n) is 7.02. The summed E-state index contributed by atoms with van der Waals surface area (Å²) >= 11 is 0.126. The molecule has 0 heterocycles. The fourth-order valence-electron chi connectivity index (χ4n) is 0.746. The molecule has 0 N–H and O–H groups in total. The summed E-state index contributed by atoms with van der Waals surface area (Å²) in [5, 5.41) is 0. The SMILES string of the molecule is C/C=C(/CCC)CI=NC. The normalized spacial score (nSPS) is 13.7. The van der Waals surface area contributed by atoms with Crippen LogP contribution in [-0.2, 0) is 0 Å². The lowest BCUT2D eigenvalue weighted by molar-refractivity contribution is 0.909. The molecule has 1 nitrogen and oxygen atoms in total. The minimum atomic E-state index is 0.126. The molecule has 0 fully saturated rings. The zero-order valence-corrected chi connectivity index (χ0v) is 9.18. The molecule has 0 aliphatic carbocycles. The van der Waals surface area contributed by atoms with Crippen molar-refractivity contribution < 1.29 is 0 Å². The van der Waals surface area contributed by atoms with E-state index in [1.165, 1.54) is 17.3 Å². The highest BCUT2D eigenvalue weighted by molar-refractivity contribution is 14.2. The Morgan fingerprint density at radius 3 is 2.70 bits per heavy atom. The van der Waals surface area contributed by atoms with Gasteiger partial charge >= 0.3 is 0 Å². The summed E-state index contributed by atoms with van der Waals surface area (Å²) in [5.41, 5.74) is 1.60. The summed E-state index contributed by atoms with van der Waals surface area (Å²) in [6.45, 7) is 4.36. The van der Waals surface area contributed by atoms with Gasteiger partial charge in [0.2, 0.25) is 0 Å². The molecular weight excluding hydrogens is 237 g/mol. The van der Waals surface area contributed by atoms with Gasteiger partial charge in [0.05, 0.1) is 0 Å². The number of hydrogen-bond donors (Lipinski definition) is 0.